The lowest BCUT2D eigenvalue weighted by atomic mass is 9.95. The first-order chi connectivity index (χ1) is 22.7. The van der Waals surface area contributed by atoms with Crippen molar-refractivity contribution in [3.8, 4) is 29.0 Å². The summed E-state index contributed by atoms with van der Waals surface area (Å²) in [5, 5.41) is 10.3. The molecule has 4 aromatic rings. The number of nitrogens with zero attached hydrogens (tertiary/aromatic N) is 6. The van der Waals surface area contributed by atoms with Crippen molar-refractivity contribution in [1.82, 2.24) is 19.8 Å². The summed E-state index contributed by atoms with van der Waals surface area (Å²) in [6.45, 7) is 2.76. The highest BCUT2D eigenvalue weighted by Crippen LogP contribution is 2.51. The average Bonchev–Trinajstić information content (AvgIpc) is 3.80. The van der Waals surface area contributed by atoms with Crippen LogP contribution in [-0.4, -0.2) is 89.9 Å². The molecule has 0 bridgehead atoms. The Morgan fingerprint density at radius 1 is 1.23 bits per heavy atom. The number of alkyl halides is 1. The van der Waals surface area contributed by atoms with Crippen LogP contribution in [0.3, 0.4) is 0 Å². The topological polar surface area (TPSA) is 121 Å². The van der Waals surface area contributed by atoms with Crippen LogP contribution in [0.4, 0.5) is 24.0 Å². The second-order valence-electron chi connectivity index (χ2n) is 12.6. The third kappa shape index (κ3) is 4.65. The quantitative estimate of drug-likeness (QED) is 0.271. The smallest absolute Gasteiger partial charge is 0.319 e. The van der Waals surface area contributed by atoms with Gasteiger partial charge in [0.05, 0.1) is 32.8 Å². The van der Waals surface area contributed by atoms with E-state index in [-0.39, 0.29) is 78.7 Å². The molecule has 2 aromatic heterocycles. The van der Waals surface area contributed by atoms with Crippen LogP contribution < -0.4 is 20.1 Å². The van der Waals surface area contributed by atoms with Gasteiger partial charge in [0.1, 0.15) is 47.6 Å². The number of halogens is 4. The predicted molar refractivity (Wildman–Crippen MR) is 172 cm³/mol. The summed E-state index contributed by atoms with van der Waals surface area (Å²) in [7, 11) is 0. The summed E-state index contributed by atoms with van der Waals surface area (Å²) >= 11 is 7.89. The number of carbonyl (C=O) groups is 1. The van der Waals surface area contributed by atoms with E-state index in [1.807, 2.05) is 11.0 Å². The van der Waals surface area contributed by atoms with E-state index in [2.05, 4.69) is 9.88 Å². The van der Waals surface area contributed by atoms with Crippen LogP contribution in [-0.2, 0) is 4.79 Å². The molecule has 4 aliphatic rings. The molecule has 8 rings (SSSR count). The van der Waals surface area contributed by atoms with Crippen molar-refractivity contribution in [2.24, 2.45) is 0 Å². The fourth-order valence-electron chi connectivity index (χ4n) is 7.86. The molecule has 244 valence electrons. The van der Waals surface area contributed by atoms with Gasteiger partial charge in [-0.05, 0) is 37.4 Å². The van der Waals surface area contributed by atoms with E-state index in [1.165, 1.54) is 12.1 Å². The van der Waals surface area contributed by atoms with Crippen LogP contribution in [0.5, 0.6) is 11.8 Å². The second kappa shape index (κ2) is 11.3. The Bertz CT molecular complexity index is 2010. The summed E-state index contributed by atoms with van der Waals surface area (Å²) < 4.78 is 59.1. The second-order valence-corrected chi connectivity index (χ2v) is 14.0. The van der Waals surface area contributed by atoms with Crippen molar-refractivity contribution in [3.05, 3.63) is 34.4 Å². The lowest BCUT2D eigenvalue weighted by Gasteiger charge is -2.31. The van der Waals surface area contributed by atoms with Gasteiger partial charge in [-0.1, -0.05) is 17.7 Å². The Balaban J connectivity index is 1.33. The minimum absolute atomic E-state index is 0.0180. The Morgan fingerprint density at radius 2 is 2.09 bits per heavy atom. The lowest BCUT2D eigenvalue weighted by molar-refractivity contribution is -0.117. The molecule has 1 unspecified atom stereocenters. The normalized spacial score (nSPS) is 24.1. The van der Waals surface area contributed by atoms with Gasteiger partial charge in [-0.2, -0.15) is 15.2 Å². The highest BCUT2D eigenvalue weighted by molar-refractivity contribution is 7.23. The van der Waals surface area contributed by atoms with E-state index in [1.54, 1.807) is 4.90 Å². The maximum absolute atomic E-state index is 17.1. The van der Waals surface area contributed by atoms with Crippen molar-refractivity contribution >= 4 is 61.2 Å². The van der Waals surface area contributed by atoms with E-state index < -0.39 is 23.3 Å². The number of anilines is 2. The van der Waals surface area contributed by atoms with Crippen LogP contribution in [0.1, 0.15) is 31.2 Å². The van der Waals surface area contributed by atoms with E-state index in [0.717, 1.165) is 37.1 Å². The first kappa shape index (κ1) is 30.3. The van der Waals surface area contributed by atoms with E-state index in [4.69, 9.17) is 31.8 Å². The minimum atomic E-state index is -0.960. The maximum atomic E-state index is 17.1. The van der Waals surface area contributed by atoms with Crippen molar-refractivity contribution in [3.63, 3.8) is 0 Å². The van der Waals surface area contributed by atoms with Crippen LogP contribution >= 0.6 is 22.9 Å². The summed E-state index contributed by atoms with van der Waals surface area (Å²) in [5.41, 5.74) is 5.51. The van der Waals surface area contributed by atoms with Gasteiger partial charge in [0, 0.05) is 43.0 Å². The summed E-state index contributed by atoms with van der Waals surface area (Å²) in [6, 6.07) is 4.33. The molecule has 0 spiro atoms. The molecular weight excluding hydrogens is 655 g/mol. The third-order valence-electron chi connectivity index (χ3n) is 10.0. The Morgan fingerprint density at radius 3 is 2.87 bits per heavy atom. The number of hydrogen-bond donors (Lipinski definition) is 1. The van der Waals surface area contributed by atoms with E-state index >= 15 is 4.39 Å². The Kier molecular flexibility index (Phi) is 7.27. The minimum Gasteiger partial charge on any atom is -0.489 e. The summed E-state index contributed by atoms with van der Waals surface area (Å²) in [5.74, 6) is -0.947. The number of likely N-dealkylation sites (tertiary alicyclic amines) is 1. The number of ether oxygens (including phenoxy) is 2. The van der Waals surface area contributed by atoms with Gasteiger partial charge in [-0.3, -0.25) is 9.69 Å². The zero-order chi connectivity index (χ0) is 32.6. The van der Waals surface area contributed by atoms with Crippen LogP contribution in [0.15, 0.2) is 12.1 Å². The number of thiophene rings is 1. The van der Waals surface area contributed by atoms with Crippen LogP contribution in [0, 0.1) is 23.0 Å². The first-order valence-corrected chi connectivity index (χ1v) is 16.7. The van der Waals surface area contributed by atoms with Crippen LogP contribution in [0.2, 0.25) is 5.02 Å². The number of carbonyl (C=O) groups excluding carboxylic acids is 1. The standard InChI is InChI=1S/C32H29ClF3N7O3S/c33-24-22(18-2-3-20(35)28-21(18)19(11-37)29(38)47-28)25(36)26-23-27(24)45-9-8-43(17-4-7-41(13-17)15-44)30(23)40-31(39-26)46-14-32-5-1-6-42(32)12-16(34)10-32/h2-3,15-17H,1,4-10,12-14,38H2/t16-,17?,32+/m1/s1. The maximum Gasteiger partial charge on any atom is 0.319 e. The highest BCUT2D eigenvalue weighted by atomic mass is 35.5. The van der Waals surface area contributed by atoms with Crippen molar-refractivity contribution in [2.75, 3.05) is 56.6 Å². The van der Waals surface area contributed by atoms with Gasteiger partial charge in [0.2, 0.25) is 6.41 Å². The molecule has 3 fully saturated rings. The molecule has 47 heavy (non-hydrogen) atoms. The van der Waals surface area contributed by atoms with Gasteiger partial charge in [0.15, 0.2) is 11.6 Å². The molecule has 2 aromatic carbocycles. The van der Waals surface area contributed by atoms with Gasteiger partial charge >= 0.3 is 6.01 Å². The molecule has 3 saturated heterocycles. The molecule has 0 radical (unpaired) electrons. The van der Waals surface area contributed by atoms with Crippen LogP contribution in [0.25, 0.3) is 32.1 Å². The predicted octanol–water partition coefficient (Wildman–Crippen LogP) is 5.28. The molecule has 2 N–H and O–H groups in total. The van der Waals surface area contributed by atoms with Gasteiger partial charge < -0.3 is 25.0 Å². The Hall–Kier alpha value is -4.06. The fourth-order valence-corrected chi connectivity index (χ4v) is 9.14. The zero-order valence-corrected chi connectivity index (χ0v) is 26.6. The fraction of sp³-hybridized carbons (Fsp3) is 0.438. The van der Waals surface area contributed by atoms with Gasteiger partial charge in [-0.15, -0.1) is 11.3 Å². The number of benzene rings is 2. The molecule has 6 heterocycles. The molecule has 3 atom stereocenters. The zero-order valence-electron chi connectivity index (χ0n) is 25.1. The number of nitrogen functional groups attached to an aromatic ring is 1. The van der Waals surface area contributed by atoms with Crippen molar-refractivity contribution in [1.29, 1.82) is 5.26 Å². The van der Waals surface area contributed by atoms with E-state index in [0.29, 0.717) is 44.8 Å². The monoisotopic (exact) mass is 683 g/mol. The lowest BCUT2D eigenvalue weighted by Crippen LogP contribution is -2.43. The largest absolute Gasteiger partial charge is 0.489 e. The third-order valence-corrected chi connectivity index (χ3v) is 11.4. The highest BCUT2D eigenvalue weighted by Gasteiger charge is 2.49. The molecule has 1 amide bonds. The molecule has 15 heteroatoms. The number of aromatic nitrogens is 2. The summed E-state index contributed by atoms with van der Waals surface area (Å²) in [6.07, 6.45) is 2.52. The molecule has 0 saturated carbocycles. The molecule has 0 aliphatic carbocycles. The van der Waals surface area contributed by atoms with Crippen molar-refractivity contribution < 1.29 is 27.4 Å². The molecule has 10 nitrogen and oxygen atoms in total. The number of hydrogen-bond acceptors (Lipinski definition) is 10. The number of amides is 1. The van der Waals surface area contributed by atoms with E-state index in [9.17, 15) is 18.8 Å². The average molecular weight is 684 g/mol. The molecule has 4 aliphatic heterocycles. The number of nitrogens with two attached hydrogens (primary N) is 1. The van der Waals surface area contributed by atoms with Crippen molar-refractivity contribution in [2.45, 2.75) is 43.4 Å². The SMILES string of the molecule is N#Cc1c(N)sc2c(F)ccc(-c3c(Cl)c4c5c(nc(OC[C@@]67CCCN6C[C@H](F)C7)nc5c3F)N(C3CCN(C=O)C3)CCO4)c12. The Labute approximate surface area is 276 Å². The van der Waals surface area contributed by atoms with Gasteiger partial charge in [-0.25, -0.2) is 13.2 Å². The molecular formula is C32H29ClF3N7O3S. The first-order valence-electron chi connectivity index (χ1n) is 15.5. The number of nitriles is 1. The van der Waals surface area contributed by atoms with Gasteiger partial charge in [0.25, 0.3) is 0 Å². The number of fused-ring (bicyclic) bond motifs is 2. The summed E-state index contributed by atoms with van der Waals surface area (Å²) in [4.78, 5) is 26.7. The number of rotatable bonds is 6.